The summed E-state index contributed by atoms with van der Waals surface area (Å²) in [5.74, 6) is 0. The fourth-order valence-corrected chi connectivity index (χ4v) is 12.0. The van der Waals surface area contributed by atoms with E-state index in [1.54, 1.807) is 16.7 Å². The highest BCUT2D eigenvalue weighted by Crippen LogP contribution is 2.63. The first-order chi connectivity index (χ1) is 27.9. The van der Waals surface area contributed by atoms with E-state index < -0.39 is 0 Å². The summed E-state index contributed by atoms with van der Waals surface area (Å²) in [6, 6.07) is 55.6. The average molecular weight is 755 g/mol. The van der Waals surface area contributed by atoms with Gasteiger partial charge in [0, 0.05) is 27.2 Å². The minimum absolute atomic E-state index is 0.101. The van der Waals surface area contributed by atoms with Gasteiger partial charge >= 0.3 is 0 Å². The van der Waals surface area contributed by atoms with Crippen LogP contribution >= 0.6 is 0 Å². The van der Waals surface area contributed by atoms with E-state index in [1.165, 1.54) is 73.7 Å². The maximum atomic E-state index is 6.55. The van der Waals surface area contributed by atoms with Crippen molar-refractivity contribution in [3.05, 3.63) is 202 Å². The first-order valence-corrected chi connectivity index (χ1v) is 21.3. The molecule has 0 bridgehead atoms. The van der Waals surface area contributed by atoms with Crippen LogP contribution in [0.5, 0.6) is 0 Å². The van der Waals surface area contributed by atoms with E-state index in [2.05, 4.69) is 200 Å². The third-order valence-corrected chi connectivity index (χ3v) is 14.2. The normalized spacial score (nSPS) is 18.7. The second-order valence-electron chi connectivity index (χ2n) is 19.2. The highest BCUT2D eigenvalue weighted by atomic mass is 16.3. The molecule has 0 N–H and O–H groups in total. The molecule has 8 aromatic rings. The van der Waals surface area contributed by atoms with Gasteiger partial charge in [-0.05, 0) is 116 Å². The predicted molar refractivity (Wildman–Crippen MR) is 244 cm³/mol. The molecule has 3 aliphatic carbocycles. The molecule has 1 nitrogen and oxygen atoms in total. The Labute approximate surface area is 344 Å². The van der Waals surface area contributed by atoms with Gasteiger partial charge in [-0.3, -0.25) is 0 Å². The molecule has 11 rings (SSSR count). The van der Waals surface area contributed by atoms with Gasteiger partial charge in [0.2, 0.25) is 0 Å². The van der Waals surface area contributed by atoms with Crippen LogP contribution in [0.4, 0.5) is 0 Å². The number of aryl methyl sites for hydroxylation is 3. The number of hydrogen-bond acceptors (Lipinski definition) is 1. The summed E-state index contributed by atoms with van der Waals surface area (Å²) in [5.41, 5.74) is 21.2. The molecule has 0 saturated heterocycles. The van der Waals surface area contributed by atoms with Crippen LogP contribution in [0.2, 0.25) is 0 Å². The maximum Gasteiger partial charge on any atom is 0.143 e. The summed E-state index contributed by atoms with van der Waals surface area (Å²) in [4.78, 5) is 0. The molecule has 0 saturated carbocycles. The summed E-state index contributed by atoms with van der Waals surface area (Å²) < 4.78 is 6.55. The van der Waals surface area contributed by atoms with Gasteiger partial charge in [-0.1, -0.05) is 187 Å². The van der Waals surface area contributed by atoms with Crippen molar-refractivity contribution in [2.24, 2.45) is 0 Å². The zero-order chi connectivity index (χ0) is 40.0. The summed E-state index contributed by atoms with van der Waals surface area (Å²) >= 11 is 0. The first-order valence-electron chi connectivity index (χ1n) is 21.3. The van der Waals surface area contributed by atoms with Crippen LogP contribution < -0.4 is 0 Å². The molecule has 1 aromatic heterocycles. The molecule has 1 unspecified atom stereocenters. The van der Waals surface area contributed by atoms with Crippen LogP contribution in [-0.4, -0.2) is 0 Å². The Balaban J connectivity index is 0.000000213. The van der Waals surface area contributed by atoms with Gasteiger partial charge in [-0.2, -0.15) is 0 Å². The Hall–Kier alpha value is -5.66. The molecule has 1 heteroatoms. The van der Waals surface area contributed by atoms with Gasteiger partial charge in [-0.15, -0.1) is 0 Å². The van der Waals surface area contributed by atoms with Crippen LogP contribution in [0.15, 0.2) is 156 Å². The van der Waals surface area contributed by atoms with E-state index in [0.717, 1.165) is 29.6 Å². The smallest absolute Gasteiger partial charge is 0.143 e. The summed E-state index contributed by atoms with van der Waals surface area (Å²) in [6.07, 6.45) is 4.38. The van der Waals surface area contributed by atoms with Crippen molar-refractivity contribution < 1.29 is 4.42 Å². The Morgan fingerprint density at radius 2 is 1.07 bits per heavy atom. The van der Waals surface area contributed by atoms with Gasteiger partial charge in [-0.25, -0.2) is 0 Å². The van der Waals surface area contributed by atoms with Crippen molar-refractivity contribution in [1.82, 2.24) is 0 Å². The van der Waals surface area contributed by atoms with Gasteiger partial charge in [0.1, 0.15) is 11.2 Å². The van der Waals surface area contributed by atoms with Crippen molar-refractivity contribution in [1.29, 1.82) is 0 Å². The van der Waals surface area contributed by atoms with Gasteiger partial charge in [0.05, 0.1) is 0 Å². The second kappa shape index (κ2) is 13.2. The second-order valence-corrected chi connectivity index (χ2v) is 19.2. The zero-order valence-corrected chi connectivity index (χ0v) is 35.2. The number of furan rings is 1. The summed E-state index contributed by atoms with van der Waals surface area (Å²) in [6.45, 7) is 16.7. The average Bonchev–Trinajstić information content (AvgIpc) is 3.88. The van der Waals surface area contributed by atoms with Crippen molar-refractivity contribution in [3.8, 4) is 22.3 Å². The predicted octanol–water partition coefficient (Wildman–Crippen LogP) is 15.0. The Bertz CT molecular complexity index is 2880. The van der Waals surface area contributed by atoms with E-state index in [0.29, 0.717) is 0 Å². The SMILES string of the molecule is CC1(C)CC2(CC(C)(C)c3c(CCc4cccc5oc6c(-c7ccccc7)cccc6c45)cccc32)c2ccccc21.Cc1cccc2c1-c1ccccc1C2(C)C. The molecule has 1 spiro atoms. The van der Waals surface area contributed by atoms with Crippen LogP contribution in [0.3, 0.4) is 0 Å². The lowest BCUT2D eigenvalue weighted by molar-refractivity contribution is 0.349. The number of hydrogen-bond donors (Lipinski definition) is 0. The van der Waals surface area contributed by atoms with E-state index in [1.807, 2.05) is 0 Å². The summed E-state index contributed by atoms with van der Waals surface area (Å²) in [7, 11) is 0. The van der Waals surface area contributed by atoms with Gasteiger partial charge < -0.3 is 4.42 Å². The van der Waals surface area contributed by atoms with Crippen molar-refractivity contribution in [3.63, 3.8) is 0 Å². The molecule has 1 atom stereocenters. The topological polar surface area (TPSA) is 13.1 Å². The van der Waals surface area contributed by atoms with Crippen LogP contribution in [-0.2, 0) is 34.5 Å². The minimum atomic E-state index is 0.101. The number of rotatable bonds is 4. The monoisotopic (exact) mass is 754 g/mol. The quantitative estimate of drug-likeness (QED) is 0.174. The molecule has 0 fully saturated rings. The maximum absolute atomic E-state index is 6.55. The van der Waals surface area contributed by atoms with Crippen molar-refractivity contribution in [2.45, 2.75) is 95.8 Å². The van der Waals surface area contributed by atoms with Crippen molar-refractivity contribution in [2.75, 3.05) is 0 Å². The highest BCUT2D eigenvalue weighted by molar-refractivity contribution is 6.11. The van der Waals surface area contributed by atoms with Gasteiger partial charge in [0.15, 0.2) is 0 Å². The zero-order valence-electron chi connectivity index (χ0n) is 35.2. The first kappa shape index (κ1) is 36.7. The van der Waals surface area contributed by atoms with Gasteiger partial charge in [0.25, 0.3) is 0 Å². The lowest BCUT2D eigenvalue weighted by Crippen LogP contribution is -2.26. The Kier molecular flexibility index (Phi) is 8.33. The number of fused-ring (bicyclic) bond motifs is 10. The Morgan fingerprint density at radius 1 is 0.483 bits per heavy atom. The third kappa shape index (κ3) is 5.49. The van der Waals surface area contributed by atoms with E-state index in [9.17, 15) is 0 Å². The molecule has 0 aliphatic heterocycles. The number of para-hydroxylation sites is 1. The molecule has 0 radical (unpaired) electrons. The number of benzene rings is 7. The molecule has 3 aliphatic rings. The minimum Gasteiger partial charge on any atom is -0.455 e. The molecular weight excluding hydrogens is 701 g/mol. The lowest BCUT2D eigenvalue weighted by atomic mass is 9.72. The summed E-state index contributed by atoms with van der Waals surface area (Å²) in [5, 5.41) is 2.48. The van der Waals surface area contributed by atoms with Crippen LogP contribution in [0, 0.1) is 6.92 Å². The van der Waals surface area contributed by atoms with E-state index in [4.69, 9.17) is 4.42 Å². The molecule has 0 amide bonds. The molecule has 288 valence electrons. The fraction of sp³-hybridized carbons (Fsp3) is 0.263. The van der Waals surface area contributed by atoms with Crippen LogP contribution in [0.1, 0.15) is 104 Å². The third-order valence-electron chi connectivity index (χ3n) is 14.2. The highest BCUT2D eigenvalue weighted by Gasteiger charge is 2.56. The molecule has 58 heavy (non-hydrogen) atoms. The molecule has 7 aromatic carbocycles. The van der Waals surface area contributed by atoms with E-state index >= 15 is 0 Å². The standard InChI is InChI=1S/C41H38O.C16H16/c1-39(2)25-41(33-20-9-8-19-32(33)39)26-40(3,4)37-29(16-10-21-34(37)41)24-23-28-15-11-22-35-36(28)31-18-12-17-30(38(31)42-35)27-13-6-5-7-14-27;1-11-7-6-10-14-15(11)12-8-4-5-9-13(12)16(14,2)3/h5-22H,23-26H2,1-4H3;4-10H,1-3H3. The van der Waals surface area contributed by atoms with E-state index in [-0.39, 0.29) is 21.7 Å². The molecular formula is C57H54O. The largest absolute Gasteiger partial charge is 0.455 e. The van der Waals surface area contributed by atoms with Crippen molar-refractivity contribution >= 4 is 21.9 Å². The molecule has 1 heterocycles. The van der Waals surface area contributed by atoms with Crippen LogP contribution in [0.25, 0.3) is 44.2 Å². The Morgan fingerprint density at radius 3 is 1.88 bits per heavy atom. The fourth-order valence-electron chi connectivity index (χ4n) is 12.0. The lowest BCUT2D eigenvalue weighted by Gasteiger charge is -2.30.